The number of hydrogen-bond acceptors (Lipinski definition) is 5. The molecule has 0 aromatic heterocycles. The molecule has 0 spiro atoms. The molecule has 1 aliphatic rings. The van der Waals surface area contributed by atoms with Crippen molar-refractivity contribution in [2.45, 2.75) is 105 Å². The molecule has 7 heteroatoms. The highest BCUT2D eigenvalue weighted by Crippen LogP contribution is 2.29. The van der Waals surface area contributed by atoms with Crippen LogP contribution in [0.1, 0.15) is 86.5 Å². The first-order valence-corrected chi connectivity index (χ1v) is 14.8. The van der Waals surface area contributed by atoms with Crippen LogP contribution in [0.5, 0.6) is 0 Å². The molecule has 39 heavy (non-hydrogen) atoms. The molecule has 1 saturated carbocycles. The molecule has 1 rings (SSSR count). The fourth-order valence-electron chi connectivity index (χ4n) is 6.10. The number of nitrogens with zero attached hydrogens (tertiary/aromatic N) is 1. The van der Waals surface area contributed by atoms with Gasteiger partial charge in [-0.3, -0.25) is 4.79 Å². The van der Waals surface area contributed by atoms with Crippen LogP contribution in [-0.2, 0) is 9.53 Å². The Morgan fingerprint density at radius 3 is 2.21 bits per heavy atom. The standard InChI is InChI=1S/C32H56N2O5/c1-9-10-14-22(3)31(39-32(33)38)26(7)30(37)24(5)18-21(2)17-23(4)29(36)25(6)20-34(8)28(35)19-27-15-12-11-13-16-27/h9-10,14,17,22-27,29-31,36-37H,1,11-13,15-16,18-20H2,2-8H3,(H2,33,38)/t22-,23-,24?,25-,26?,29+,30?,31?/m0/s1. The number of amides is 2. The van der Waals surface area contributed by atoms with Crippen LogP contribution in [0.3, 0.4) is 0 Å². The third-order valence-corrected chi connectivity index (χ3v) is 8.45. The second-order valence-electron chi connectivity index (χ2n) is 12.2. The quantitative estimate of drug-likeness (QED) is 0.165. The zero-order valence-corrected chi connectivity index (χ0v) is 25.5. The molecule has 0 heterocycles. The number of primary amides is 1. The third kappa shape index (κ3) is 12.3. The van der Waals surface area contributed by atoms with Gasteiger partial charge in [-0.1, -0.05) is 90.3 Å². The van der Waals surface area contributed by atoms with Crippen molar-refractivity contribution in [2.24, 2.45) is 41.2 Å². The summed E-state index contributed by atoms with van der Waals surface area (Å²) in [7, 11) is 1.84. The van der Waals surface area contributed by atoms with Crippen molar-refractivity contribution < 1.29 is 24.5 Å². The molecular weight excluding hydrogens is 492 g/mol. The number of hydrogen-bond donors (Lipinski definition) is 3. The molecule has 8 atom stereocenters. The Hall–Kier alpha value is -2.12. The number of rotatable bonds is 16. The van der Waals surface area contributed by atoms with E-state index in [0.717, 1.165) is 18.4 Å². The summed E-state index contributed by atoms with van der Waals surface area (Å²) < 4.78 is 5.38. The molecule has 4 unspecified atom stereocenters. The lowest BCUT2D eigenvalue weighted by atomic mass is 9.81. The molecule has 224 valence electrons. The first-order chi connectivity index (χ1) is 18.3. The zero-order valence-electron chi connectivity index (χ0n) is 25.5. The van der Waals surface area contributed by atoms with Crippen LogP contribution in [0, 0.1) is 35.5 Å². The molecule has 1 aliphatic carbocycles. The topological polar surface area (TPSA) is 113 Å². The molecule has 0 aromatic rings. The van der Waals surface area contributed by atoms with E-state index in [4.69, 9.17) is 10.5 Å². The molecule has 7 nitrogen and oxygen atoms in total. The van der Waals surface area contributed by atoms with E-state index in [2.05, 4.69) is 12.7 Å². The van der Waals surface area contributed by atoms with Crippen LogP contribution in [0.2, 0.25) is 0 Å². The second-order valence-corrected chi connectivity index (χ2v) is 12.2. The van der Waals surface area contributed by atoms with Gasteiger partial charge in [0.1, 0.15) is 6.10 Å². The average molecular weight is 549 g/mol. The van der Waals surface area contributed by atoms with Gasteiger partial charge >= 0.3 is 6.09 Å². The molecule has 2 amide bonds. The maximum atomic E-state index is 12.7. The van der Waals surface area contributed by atoms with E-state index in [-0.39, 0.29) is 35.5 Å². The molecule has 0 aromatic carbocycles. The second kappa shape index (κ2) is 17.5. The van der Waals surface area contributed by atoms with Crippen LogP contribution in [0.15, 0.2) is 36.5 Å². The Morgan fingerprint density at radius 2 is 1.64 bits per heavy atom. The van der Waals surface area contributed by atoms with Crippen molar-refractivity contribution in [3.63, 3.8) is 0 Å². The first kappa shape index (κ1) is 34.9. The number of ether oxygens (including phenoxy) is 1. The Bertz CT molecular complexity index is 819. The van der Waals surface area contributed by atoms with Crippen LogP contribution >= 0.6 is 0 Å². The fraction of sp³-hybridized carbons (Fsp3) is 0.750. The molecule has 0 aliphatic heterocycles. The number of allylic oxidation sites excluding steroid dienone is 3. The third-order valence-electron chi connectivity index (χ3n) is 8.45. The monoisotopic (exact) mass is 548 g/mol. The van der Waals surface area contributed by atoms with E-state index in [9.17, 15) is 19.8 Å². The Balaban J connectivity index is 2.70. The lowest BCUT2D eigenvalue weighted by Crippen LogP contribution is -2.41. The predicted octanol–water partition coefficient (Wildman–Crippen LogP) is 5.86. The van der Waals surface area contributed by atoms with Gasteiger partial charge in [-0.05, 0) is 38.0 Å². The average Bonchev–Trinajstić information content (AvgIpc) is 2.89. The Morgan fingerprint density at radius 1 is 1.03 bits per heavy atom. The van der Waals surface area contributed by atoms with Crippen LogP contribution in [0.4, 0.5) is 4.79 Å². The van der Waals surface area contributed by atoms with Crippen molar-refractivity contribution in [2.75, 3.05) is 13.6 Å². The Labute approximate surface area is 237 Å². The van der Waals surface area contributed by atoms with Crippen molar-refractivity contribution in [1.29, 1.82) is 0 Å². The summed E-state index contributed by atoms with van der Waals surface area (Å²) >= 11 is 0. The number of carbonyl (C=O) groups excluding carboxylic acids is 2. The van der Waals surface area contributed by atoms with E-state index in [0.29, 0.717) is 25.3 Å². The molecule has 0 saturated heterocycles. The number of aliphatic hydroxyl groups is 2. The van der Waals surface area contributed by atoms with Crippen LogP contribution in [0.25, 0.3) is 0 Å². The largest absolute Gasteiger partial charge is 0.445 e. The van der Waals surface area contributed by atoms with Crippen LogP contribution in [-0.4, -0.2) is 59.0 Å². The maximum absolute atomic E-state index is 12.7. The van der Waals surface area contributed by atoms with Gasteiger partial charge in [0, 0.05) is 43.7 Å². The van der Waals surface area contributed by atoms with Gasteiger partial charge in [-0.15, -0.1) is 0 Å². The van der Waals surface area contributed by atoms with Crippen molar-refractivity contribution >= 4 is 12.0 Å². The van der Waals surface area contributed by atoms with Gasteiger partial charge < -0.3 is 25.6 Å². The highest BCUT2D eigenvalue weighted by Gasteiger charge is 2.33. The van der Waals surface area contributed by atoms with Crippen LogP contribution < -0.4 is 5.73 Å². The highest BCUT2D eigenvalue weighted by molar-refractivity contribution is 5.76. The van der Waals surface area contributed by atoms with Crippen molar-refractivity contribution in [3.8, 4) is 0 Å². The van der Waals surface area contributed by atoms with Gasteiger partial charge in [0.25, 0.3) is 0 Å². The summed E-state index contributed by atoms with van der Waals surface area (Å²) in [6, 6.07) is 0. The number of carbonyl (C=O) groups is 2. The molecule has 4 N–H and O–H groups in total. The summed E-state index contributed by atoms with van der Waals surface area (Å²) in [5.74, 6) is -0.0742. The molecule has 0 radical (unpaired) electrons. The lowest BCUT2D eigenvalue weighted by Gasteiger charge is -2.33. The SMILES string of the molecule is C=CC=C[C@H](C)C(OC(N)=O)C(C)C(O)C(C)CC(C)=C[C@H](C)[C@@H](O)[C@@H](C)CN(C)C(=O)CC1CCCCC1. The molecular formula is C32H56N2O5. The smallest absolute Gasteiger partial charge is 0.404 e. The fourth-order valence-corrected chi connectivity index (χ4v) is 6.10. The minimum Gasteiger partial charge on any atom is -0.445 e. The number of aliphatic hydroxyl groups excluding tert-OH is 2. The van der Waals surface area contributed by atoms with Gasteiger partial charge in [-0.2, -0.15) is 0 Å². The van der Waals surface area contributed by atoms with Gasteiger partial charge in [-0.25, -0.2) is 4.79 Å². The van der Waals surface area contributed by atoms with E-state index >= 15 is 0 Å². The minimum absolute atomic E-state index is 0.0655. The van der Waals surface area contributed by atoms with E-state index in [1.54, 1.807) is 17.1 Å². The predicted molar refractivity (Wildman–Crippen MR) is 159 cm³/mol. The molecule has 0 bridgehead atoms. The van der Waals surface area contributed by atoms with Gasteiger partial charge in [0.15, 0.2) is 0 Å². The number of nitrogens with two attached hydrogens (primary N) is 1. The van der Waals surface area contributed by atoms with Crippen molar-refractivity contribution in [1.82, 2.24) is 4.90 Å². The molecule has 1 fully saturated rings. The van der Waals surface area contributed by atoms with E-state index in [1.165, 1.54) is 19.3 Å². The van der Waals surface area contributed by atoms with Gasteiger partial charge in [0.05, 0.1) is 12.2 Å². The lowest BCUT2D eigenvalue weighted by molar-refractivity contribution is -0.132. The highest BCUT2D eigenvalue weighted by atomic mass is 16.6. The summed E-state index contributed by atoms with van der Waals surface area (Å²) in [6.45, 7) is 15.9. The maximum Gasteiger partial charge on any atom is 0.404 e. The van der Waals surface area contributed by atoms with E-state index in [1.807, 2.05) is 54.7 Å². The summed E-state index contributed by atoms with van der Waals surface area (Å²) in [6.07, 6.45) is 11.9. The van der Waals surface area contributed by atoms with Crippen molar-refractivity contribution in [3.05, 3.63) is 36.5 Å². The Kier molecular flexibility index (Phi) is 15.7. The minimum atomic E-state index is -0.861. The van der Waals surface area contributed by atoms with Gasteiger partial charge in [0.2, 0.25) is 5.91 Å². The summed E-state index contributed by atoms with van der Waals surface area (Å²) in [5, 5.41) is 22.1. The normalized spacial score (nSPS) is 21.3. The first-order valence-electron chi connectivity index (χ1n) is 14.8. The summed E-state index contributed by atoms with van der Waals surface area (Å²) in [5.41, 5.74) is 6.38. The van der Waals surface area contributed by atoms with E-state index < -0.39 is 24.4 Å². The zero-order chi connectivity index (χ0) is 29.7. The summed E-state index contributed by atoms with van der Waals surface area (Å²) in [4.78, 5) is 26.0.